The van der Waals surface area contributed by atoms with Crippen LogP contribution in [0.4, 0.5) is 11.4 Å². The van der Waals surface area contributed by atoms with Gasteiger partial charge in [0.05, 0.1) is 14.2 Å². The standard InChI is InChI=1S/C25H28N2O4/c1-4-18-5-8-20(9-6-18)26-16-19-7-14-23(24(15-19)30-3)31-17-25(28)27-21-10-12-22(29-2)13-11-21/h5-15,26H,4,16-17H2,1-3H3,(H,27,28). The largest absolute Gasteiger partial charge is 0.497 e. The van der Waals surface area contributed by atoms with E-state index in [9.17, 15) is 4.79 Å². The molecule has 2 N–H and O–H groups in total. The Bertz CT molecular complexity index is 985. The fourth-order valence-electron chi connectivity index (χ4n) is 3.02. The Morgan fingerprint density at radius 2 is 1.48 bits per heavy atom. The molecule has 0 fully saturated rings. The number of amides is 1. The second-order valence-corrected chi connectivity index (χ2v) is 6.95. The van der Waals surface area contributed by atoms with Crippen LogP contribution in [0.2, 0.25) is 0 Å². The van der Waals surface area contributed by atoms with E-state index in [0.717, 1.165) is 23.4 Å². The summed E-state index contributed by atoms with van der Waals surface area (Å²) in [7, 11) is 3.18. The van der Waals surface area contributed by atoms with E-state index in [4.69, 9.17) is 14.2 Å². The zero-order valence-electron chi connectivity index (χ0n) is 18.1. The molecule has 0 aliphatic heterocycles. The Balaban J connectivity index is 1.54. The predicted octanol–water partition coefficient (Wildman–Crippen LogP) is 4.90. The number of hydrogen-bond donors (Lipinski definition) is 2. The number of ether oxygens (including phenoxy) is 3. The third-order valence-electron chi connectivity index (χ3n) is 4.82. The van der Waals surface area contributed by atoms with E-state index < -0.39 is 0 Å². The molecule has 0 aromatic heterocycles. The number of aryl methyl sites for hydroxylation is 1. The third kappa shape index (κ3) is 6.40. The molecular weight excluding hydrogens is 392 g/mol. The second-order valence-electron chi connectivity index (χ2n) is 6.95. The van der Waals surface area contributed by atoms with Crippen LogP contribution < -0.4 is 24.8 Å². The topological polar surface area (TPSA) is 68.8 Å². The van der Waals surface area contributed by atoms with Gasteiger partial charge in [-0.05, 0) is 66.1 Å². The lowest BCUT2D eigenvalue weighted by Crippen LogP contribution is -2.20. The molecule has 3 rings (SSSR count). The highest BCUT2D eigenvalue weighted by molar-refractivity contribution is 5.91. The number of carbonyl (C=O) groups is 1. The molecule has 6 heteroatoms. The summed E-state index contributed by atoms with van der Waals surface area (Å²) in [6.45, 7) is 2.67. The number of carbonyl (C=O) groups excluding carboxylic acids is 1. The van der Waals surface area contributed by atoms with Gasteiger partial charge in [0.2, 0.25) is 0 Å². The molecule has 0 unspecified atom stereocenters. The summed E-state index contributed by atoms with van der Waals surface area (Å²) < 4.78 is 16.2. The molecule has 1 amide bonds. The molecule has 0 heterocycles. The van der Waals surface area contributed by atoms with Gasteiger partial charge in [-0.1, -0.05) is 25.1 Å². The Morgan fingerprint density at radius 1 is 0.806 bits per heavy atom. The Kier molecular flexibility index (Phi) is 7.76. The van der Waals surface area contributed by atoms with E-state index in [1.165, 1.54) is 5.56 Å². The Morgan fingerprint density at radius 3 is 2.13 bits per heavy atom. The first-order chi connectivity index (χ1) is 15.1. The highest BCUT2D eigenvalue weighted by Gasteiger charge is 2.09. The maximum atomic E-state index is 12.2. The second kappa shape index (κ2) is 10.9. The molecule has 6 nitrogen and oxygen atoms in total. The first kappa shape index (κ1) is 22.0. The number of anilines is 2. The number of benzene rings is 3. The molecule has 0 saturated carbocycles. The van der Waals surface area contributed by atoms with Crippen LogP contribution in [0.3, 0.4) is 0 Å². The van der Waals surface area contributed by atoms with Gasteiger partial charge in [0.25, 0.3) is 5.91 Å². The van der Waals surface area contributed by atoms with Crippen LogP contribution >= 0.6 is 0 Å². The predicted molar refractivity (Wildman–Crippen MR) is 123 cm³/mol. The molecule has 3 aromatic rings. The van der Waals surface area contributed by atoms with Crippen molar-refractivity contribution in [1.29, 1.82) is 0 Å². The van der Waals surface area contributed by atoms with Crippen molar-refractivity contribution in [3.05, 3.63) is 77.9 Å². The van der Waals surface area contributed by atoms with Gasteiger partial charge in [-0.25, -0.2) is 0 Å². The maximum absolute atomic E-state index is 12.2. The van der Waals surface area contributed by atoms with Crippen molar-refractivity contribution in [2.45, 2.75) is 19.9 Å². The van der Waals surface area contributed by atoms with Crippen molar-refractivity contribution in [1.82, 2.24) is 0 Å². The summed E-state index contributed by atoms with van der Waals surface area (Å²) >= 11 is 0. The summed E-state index contributed by atoms with van der Waals surface area (Å²) in [6, 6.07) is 21.2. The molecule has 0 aliphatic carbocycles. The lowest BCUT2D eigenvalue weighted by Gasteiger charge is -2.13. The Hall–Kier alpha value is -3.67. The van der Waals surface area contributed by atoms with Crippen LogP contribution in [0.25, 0.3) is 0 Å². The molecular formula is C25H28N2O4. The fourth-order valence-corrected chi connectivity index (χ4v) is 3.02. The smallest absolute Gasteiger partial charge is 0.262 e. The van der Waals surface area contributed by atoms with E-state index in [1.807, 2.05) is 18.2 Å². The van der Waals surface area contributed by atoms with Crippen LogP contribution in [0, 0.1) is 0 Å². The van der Waals surface area contributed by atoms with Crippen LogP contribution in [0.1, 0.15) is 18.1 Å². The lowest BCUT2D eigenvalue weighted by molar-refractivity contribution is -0.118. The fraction of sp³-hybridized carbons (Fsp3) is 0.240. The van der Waals surface area contributed by atoms with E-state index in [1.54, 1.807) is 38.5 Å². The molecule has 0 bridgehead atoms. The first-order valence-corrected chi connectivity index (χ1v) is 10.2. The van der Waals surface area contributed by atoms with Crippen LogP contribution in [0.5, 0.6) is 17.2 Å². The maximum Gasteiger partial charge on any atom is 0.262 e. The summed E-state index contributed by atoms with van der Waals surface area (Å²) in [5.41, 5.74) is 4.10. The van der Waals surface area contributed by atoms with Gasteiger partial charge in [0.1, 0.15) is 5.75 Å². The van der Waals surface area contributed by atoms with Gasteiger partial charge < -0.3 is 24.8 Å². The minimum atomic E-state index is -0.256. The zero-order chi connectivity index (χ0) is 22.1. The van der Waals surface area contributed by atoms with Gasteiger partial charge in [-0.2, -0.15) is 0 Å². The molecule has 162 valence electrons. The number of hydrogen-bond acceptors (Lipinski definition) is 5. The van der Waals surface area contributed by atoms with Crippen molar-refractivity contribution in [2.75, 3.05) is 31.5 Å². The number of methoxy groups -OCH3 is 2. The first-order valence-electron chi connectivity index (χ1n) is 10.2. The monoisotopic (exact) mass is 420 g/mol. The van der Waals surface area contributed by atoms with E-state index >= 15 is 0 Å². The summed E-state index contributed by atoms with van der Waals surface area (Å²) in [5, 5.41) is 6.19. The molecule has 0 radical (unpaired) electrons. The van der Waals surface area contributed by atoms with Gasteiger partial charge in [0, 0.05) is 17.9 Å². The van der Waals surface area contributed by atoms with Crippen LogP contribution in [0.15, 0.2) is 66.7 Å². The number of rotatable bonds is 10. The molecule has 0 saturated heterocycles. The quantitative estimate of drug-likeness (QED) is 0.488. The third-order valence-corrected chi connectivity index (χ3v) is 4.82. The highest BCUT2D eigenvalue weighted by Crippen LogP contribution is 2.28. The van der Waals surface area contributed by atoms with Crippen LogP contribution in [-0.4, -0.2) is 26.7 Å². The average molecular weight is 421 g/mol. The van der Waals surface area contributed by atoms with Crippen LogP contribution in [-0.2, 0) is 17.8 Å². The molecule has 0 spiro atoms. The summed E-state index contributed by atoms with van der Waals surface area (Å²) in [5.74, 6) is 1.57. The van der Waals surface area contributed by atoms with E-state index in [0.29, 0.717) is 23.7 Å². The Labute approximate surface area is 183 Å². The van der Waals surface area contributed by atoms with Gasteiger partial charge >= 0.3 is 0 Å². The summed E-state index contributed by atoms with van der Waals surface area (Å²) in [4.78, 5) is 12.2. The van der Waals surface area contributed by atoms with Crippen molar-refractivity contribution in [3.8, 4) is 17.2 Å². The van der Waals surface area contributed by atoms with Crippen molar-refractivity contribution in [3.63, 3.8) is 0 Å². The van der Waals surface area contributed by atoms with Crippen molar-refractivity contribution in [2.24, 2.45) is 0 Å². The minimum absolute atomic E-state index is 0.121. The summed E-state index contributed by atoms with van der Waals surface area (Å²) in [6.07, 6.45) is 1.02. The molecule has 0 aliphatic rings. The van der Waals surface area contributed by atoms with E-state index in [2.05, 4.69) is 41.8 Å². The van der Waals surface area contributed by atoms with E-state index in [-0.39, 0.29) is 12.5 Å². The van der Waals surface area contributed by atoms with Crippen molar-refractivity contribution < 1.29 is 19.0 Å². The minimum Gasteiger partial charge on any atom is -0.497 e. The average Bonchev–Trinajstić information content (AvgIpc) is 2.82. The SMILES string of the molecule is CCc1ccc(NCc2ccc(OCC(=O)Nc3ccc(OC)cc3)c(OC)c2)cc1. The van der Waals surface area contributed by atoms with Gasteiger partial charge in [0.15, 0.2) is 18.1 Å². The molecule has 31 heavy (non-hydrogen) atoms. The lowest BCUT2D eigenvalue weighted by atomic mass is 10.1. The normalized spacial score (nSPS) is 10.3. The highest BCUT2D eigenvalue weighted by atomic mass is 16.5. The number of nitrogens with one attached hydrogen (secondary N) is 2. The van der Waals surface area contributed by atoms with Gasteiger partial charge in [-0.3, -0.25) is 4.79 Å². The zero-order valence-corrected chi connectivity index (χ0v) is 18.1. The molecule has 3 aromatic carbocycles. The van der Waals surface area contributed by atoms with Crippen molar-refractivity contribution >= 4 is 17.3 Å². The van der Waals surface area contributed by atoms with Gasteiger partial charge in [-0.15, -0.1) is 0 Å². The molecule has 0 atom stereocenters.